The van der Waals surface area contributed by atoms with Crippen LogP contribution in [0.25, 0.3) is 0 Å². The van der Waals surface area contributed by atoms with Gasteiger partial charge in [0, 0.05) is 19.3 Å². The standard InChI is InChI=1S/C10H18N2O2/c1-9(2)3-4-11-10(13)12-5-7-14-8-6-12/h3-4,9H,5-8H2,1-2H3,(H,11,13)/b4-3+. The van der Waals surface area contributed by atoms with Crippen molar-refractivity contribution in [2.75, 3.05) is 26.3 Å². The summed E-state index contributed by atoms with van der Waals surface area (Å²) in [6, 6.07) is -0.0369. The van der Waals surface area contributed by atoms with Crippen molar-refractivity contribution in [2.45, 2.75) is 13.8 Å². The SMILES string of the molecule is CC(C)/C=C/NC(=O)N1CCOCC1. The summed E-state index contributed by atoms with van der Waals surface area (Å²) in [5.74, 6) is 0.458. The zero-order valence-electron chi connectivity index (χ0n) is 8.82. The number of ether oxygens (including phenoxy) is 1. The van der Waals surface area contributed by atoms with Crippen LogP contribution in [0.2, 0.25) is 0 Å². The third-order valence-corrected chi connectivity index (χ3v) is 1.99. The molecule has 1 fully saturated rings. The topological polar surface area (TPSA) is 41.6 Å². The molecular weight excluding hydrogens is 180 g/mol. The van der Waals surface area contributed by atoms with Gasteiger partial charge in [0.05, 0.1) is 13.2 Å². The Bertz CT molecular complexity index is 208. The van der Waals surface area contributed by atoms with E-state index in [9.17, 15) is 4.79 Å². The van der Waals surface area contributed by atoms with Gasteiger partial charge >= 0.3 is 6.03 Å². The van der Waals surface area contributed by atoms with Crippen LogP contribution in [0.1, 0.15) is 13.8 Å². The summed E-state index contributed by atoms with van der Waals surface area (Å²) in [6.45, 7) is 6.78. The quantitative estimate of drug-likeness (QED) is 0.724. The summed E-state index contributed by atoms with van der Waals surface area (Å²) in [6.07, 6.45) is 3.67. The zero-order chi connectivity index (χ0) is 10.4. The van der Waals surface area contributed by atoms with Gasteiger partial charge in [-0.1, -0.05) is 19.9 Å². The summed E-state index contributed by atoms with van der Waals surface area (Å²) < 4.78 is 5.15. The molecule has 0 aromatic rings. The first-order valence-corrected chi connectivity index (χ1v) is 5.00. The molecule has 0 aliphatic carbocycles. The Kier molecular flexibility index (Phi) is 4.46. The van der Waals surface area contributed by atoms with Gasteiger partial charge in [-0.2, -0.15) is 0 Å². The number of urea groups is 1. The lowest BCUT2D eigenvalue weighted by Gasteiger charge is -2.26. The molecule has 0 unspecified atom stereocenters. The monoisotopic (exact) mass is 198 g/mol. The summed E-state index contributed by atoms with van der Waals surface area (Å²) >= 11 is 0. The van der Waals surface area contributed by atoms with Crippen molar-refractivity contribution in [3.05, 3.63) is 12.3 Å². The Morgan fingerprint density at radius 2 is 2.07 bits per heavy atom. The average Bonchev–Trinajstić information content (AvgIpc) is 2.18. The Morgan fingerprint density at radius 1 is 1.43 bits per heavy atom. The van der Waals surface area contributed by atoms with E-state index in [1.165, 1.54) is 0 Å². The van der Waals surface area contributed by atoms with Crippen LogP contribution < -0.4 is 5.32 Å². The van der Waals surface area contributed by atoms with Crippen LogP contribution in [0.15, 0.2) is 12.3 Å². The van der Waals surface area contributed by atoms with Crippen LogP contribution in [0.5, 0.6) is 0 Å². The van der Waals surface area contributed by atoms with E-state index >= 15 is 0 Å². The summed E-state index contributed by atoms with van der Waals surface area (Å²) in [5.41, 5.74) is 0. The van der Waals surface area contributed by atoms with E-state index in [1.54, 1.807) is 11.1 Å². The third kappa shape index (κ3) is 3.79. The molecule has 1 heterocycles. The minimum absolute atomic E-state index is 0.0369. The van der Waals surface area contributed by atoms with Crippen LogP contribution in [-0.4, -0.2) is 37.2 Å². The van der Waals surface area contributed by atoms with E-state index in [0.717, 1.165) is 0 Å². The Hall–Kier alpha value is -1.03. The fourth-order valence-corrected chi connectivity index (χ4v) is 1.17. The minimum atomic E-state index is -0.0369. The molecule has 1 N–H and O–H groups in total. The second-order valence-electron chi connectivity index (χ2n) is 3.65. The van der Waals surface area contributed by atoms with Crippen LogP contribution in [0.3, 0.4) is 0 Å². The van der Waals surface area contributed by atoms with Crippen molar-refractivity contribution in [3.8, 4) is 0 Å². The van der Waals surface area contributed by atoms with Crippen molar-refractivity contribution >= 4 is 6.03 Å². The predicted molar refractivity (Wildman–Crippen MR) is 54.9 cm³/mol. The second-order valence-corrected chi connectivity index (χ2v) is 3.65. The van der Waals surface area contributed by atoms with Gasteiger partial charge in [0.2, 0.25) is 0 Å². The molecule has 2 amide bonds. The lowest BCUT2D eigenvalue weighted by Crippen LogP contribution is -2.44. The third-order valence-electron chi connectivity index (χ3n) is 1.99. The van der Waals surface area contributed by atoms with Crippen LogP contribution in [-0.2, 0) is 4.74 Å². The Labute approximate surface area is 84.9 Å². The molecule has 1 saturated heterocycles. The molecule has 0 spiro atoms. The van der Waals surface area contributed by atoms with Gasteiger partial charge in [-0.15, -0.1) is 0 Å². The van der Waals surface area contributed by atoms with Crippen LogP contribution >= 0.6 is 0 Å². The lowest BCUT2D eigenvalue weighted by molar-refractivity contribution is 0.0540. The lowest BCUT2D eigenvalue weighted by atomic mass is 10.2. The van der Waals surface area contributed by atoms with E-state index in [0.29, 0.717) is 32.2 Å². The van der Waals surface area contributed by atoms with Gasteiger partial charge in [-0.25, -0.2) is 4.79 Å². The van der Waals surface area contributed by atoms with E-state index < -0.39 is 0 Å². The molecule has 0 aromatic heterocycles. The Morgan fingerprint density at radius 3 is 2.64 bits per heavy atom. The van der Waals surface area contributed by atoms with Crippen molar-refractivity contribution in [1.82, 2.24) is 10.2 Å². The smallest absolute Gasteiger partial charge is 0.321 e. The molecule has 1 aliphatic heterocycles. The number of allylic oxidation sites excluding steroid dienone is 1. The first-order valence-electron chi connectivity index (χ1n) is 5.00. The number of rotatable bonds is 2. The van der Waals surface area contributed by atoms with Crippen molar-refractivity contribution in [3.63, 3.8) is 0 Å². The molecule has 1 aliphatic rings. The highest BCUT2D eigenvalue weighted by molar-refractivity contribution is 5.75. The van der Waals surface area contributed by atoms with Gasteiger partial charge in [-0.3, -0.25) is 0 Å². The van der Waals surface area contributed by atoms with Gasteiger partial charge < -0.3 is 15.0 Å². The maximum absolute atomic E-state index is 11.5. The maximum atomic E-state index is 11.5. The van der Waals surface area contributed by atoms with E-state index in [1.807, 2.05) is 6.08 Å². The molecule has 4 nitrogen and oxygen atoms in total. The normalized spacial score (nSPS) is 17.8. The fourth-order valence-electron chi connectivity index (χ4n) is 1.17. The van der Waals surface area contributed by atoms with Gasteiger partial charge in [0.1, 0.15) is 0 Å². The number of nitrogens with one attached hydrogen (secondary N) is 1. The fraction of sp³-hybridized carbons (Fsp3) is 0.700. The second kappa shape index (κ2) is 5.65. The molecular formula is C10H18N2O2. The first kappa shape index (κ1) is 11.0. The summed E-state index contributed by atoms with van der Waals surface area (Å²) in [7, 11) is 0. The number of carbonyl (C=O) groups excluding carboxylic acids is 1. The van der Waals surface area contributed by atoms with Gasteiger partial charge in [0.15, 0.2) is 0 Å². The zero-order valence-corrected chi connectivity index (χ0v) is 8.82. The first-order chi connectivity index (χ1) is 6.70. The number of hydrogen-bond acceptors (Lipinski definition) is 2. The number of morpholine rings is 1. The van der Waals surface area contributed by atoms with Crippen molar-refractivity contribution < 1.29 is 9.53 Å². The molecule has 14 heavy (non-hydrogen) atoms. The molecule has 0 radical (unpaired) electrons. The molecule has 80 valence electrons. The van der Waals surface area contributed by atoms with E-state index in [2.05, 4.69) is 19.2 Å². The number of nitrogens with zero attached hydrogens (tertiary/aromatic N) is 1. The molecule has 0 bridgehead atoms. The molecule has 0 aromatic carbocycles. The number of carbonyl (C=O) groups is 1. The Balaban J connectivity index is 2.26. The number of hydrogen-bond donors (Lipinski definition) is 1. The van der Waals surface area contributed by atoms with Crippen molar-refractivity contribution in [1.29, 1.82) is 0 Å². The molecule has 1 rings (SSSR count). The van der Waals surface area contributed by atoms with E-state index in [4.69, 9.17) is 4.74 Å². The van der Waals surface area contributed by atoms with Crippen LogP contribution in [0.4, 0.5) is 4.79 Å². The molecule has 0 atom stereocenters. The summed E-state index contributed by atoms with van der Waals surface area (Å²) in [5, 5.41) is 2.73. The highest BCUT2D eigenvalue weighted by atomic mass is 16.5. The van der Waals surface area contributed by atoms with E-state index in [-0.39, 0.29) is 6.03 Å². The highest BCUT2D eigenvalue weighted by Gasteiger charge is 2.14. The van der Waals surface area contributed by atoms with Crippen molar-refractivity contribution in [2.24, 2.45) is 5.92 Å². The van der Waals surface area contributed by atoms with Gasteiger partial charge in [0.25, 0.3) is 0 Å². The highest BCUT2D eigenvalue weighted by Crippen LogP contribution is 1.97. The maximum Gasteiger partial charge on any atom is 0.321 e. The minimum Gasteiger partial charge on any atom is -0.378 e. The summed E-state index contributed by atoms with van der Waals surface area (Å²) in [4.78, 5) is 13.2. The van der Waals surface area contributed by atoms with Crippen LogP contribution in [0, 0.1) is 5.92 Å². The molecule has 4 heteroatoms. The largest absolute Gasteiger partial charge is 0.378 e. The average molecular weight is 198 g/mol. The number of amides is 2. The molecule has 0 saturated carbocycles. The predicted octanol–water partition coefficient (Wildman–Crippen LogP) is 1.20. The van der Waals surface area contributed by atoms with Gasteiger partial charge in [-0.05, 0) is 5.92 Å².